The van der Waals surface area contributed by atoms with Crippen LogP contribution in [0, 0.1) is 6.92 Å². The molecule has 0 aromatic carbocycles. The van der Waals surface area contributed by atoms with Crippen molar-refractivity contribution in [3.8, 4) is 0 Å². The number of nitrogens with zero attached hydrogens (tertiary/aromatic N) is 4. The maximum atomic E-state index is 12.6. The van der Waals surface area contributed by atoms with E-state index in [-0.39, 0.29) is 17.4 Å². The first-order chi connectivity index (χ1) is 11.1. The number of aromatic amines is 2. The minimum atomic E-state index is -0.592. The molecule has 3 rings (SSSR count). The van der Waals surface area contributed by atoms with Crippen LogP contribution in [0.15, 0.2) is 19.5 Å². The fourth-order valence-corrected chi connectivity index (χ4v) is 2.59. The molecular weight excluding hydrogens is 300 g/mol. The Morgan fingerprint density at radius 2 is 2.09 bits per heavy atom. The molecule has 1 fully saturated rings. The molecule has 0 radical (unpaired) electrons. The highest BCUT2D eigenvalue weighted by molar-refractivity contribution is 5.99. The number of carbonyl (C=O) groups is 1. The molecule has 0 atom stereocenters. The lowest BCUT2D eigenvalue weighted by atomic mass is 10.2. The minimum absolute atomic E-state index is 0.104. The number of aromatic nitrogens is 3. The Morgan fingerprint density at radius 3 is 2.78 bits per heavy atom. The van der Waals surface area contributed by atoms with Crippen LogP contribution in [-0.4, -0.2) is 39.3 Å². The number of hydrogen-bond acceptors (Lipinski definition) is 6. The monoisotopic (exact) mass is 318 g/mol. The van der Waals surface area contributed by atoms with Crippen molar-refractivity contribution in [1.29, 1.82) is 0 Å². The van der Waals surface area contributed by atoms with Crippen LogP contribution in [0.5, 0.6) is 0 Å². The Morgan fingerprint density at radius 1 is 1.35 bits per heavy atom. The normalized spacial score (nSPS) is 15.0. The lowest BCUT2D eigenvalue weighted by molar-refractivity contribution is 0.0793. The molecule has 2 aromatic rings. The van der Waals surface area contributed by atoms with Crippen molar-refractivity contribution in [3.63, 3.8) is 0 Å². The number of H-pyrrole nitrogens is 2. The minimum Gasteiger partial charge on any atom is -0.338 e. The summed E-state index contributed by atoms with van der Waals surface area (Å²) in [7, 11) is 0. The molecule has 0 spiro atoms. The number of azo groups is 1. The average molecular weight is 318 g/mol. The van der Waals surface area contributed by atoms with Crippen molar-refractivity contribution in [2.24, 2.45) is 10.2 Å². The van der Waals surface area contributed by atoms with E-state index in [1.54, 1.807) is 11.8 Å². The maximum absolute atomic E-state index is 12.6. The first-order valence-electron chi connectivity index (χ1n) is 7.58. The van der Waals surface area contributed by atoms with Crippen LogP contribution in [0.25, 0.3) is 0 Å². The number of aryl methyl sites for hydroxylation is 2. The highest BCUT2D eigenvalue weighted by Gasteiger charge is 2.26. The number of hydrogen-bond donors (Lipinski definition) is 2. The first-order valence-corrected chi connectivity index (χ1v) is 7.58. The van der Waals surface area contributed by atoms with Gasteiger partial charge in [0.25, 0.3) is 5.91 Å². The Hall–Kier alpha value is -2.71. The molecule has 1 amide bonds. The van der Waals surface area contributed by atoms with Crippen molar-refractivity contribution in [2.75, 3.05) is 13.1 Å². The van der Waals surface area contributed by atoms with Crippen molar-refractivity contribution in [2.45, 2.75) is 33.1 Å². The van der Waals surface area contributed by atoms with Crippen molar-refractivity contribution in [1.82, 2.24) is 20.3 Å². The first kappa shape index (κ1) is 15.2. The Balaban J connectivity index is 1.92. The van der Waals surface area contributed by atoms with Gasteiger partial charge in [-0.1, -0.05) is 6.92 Å². The van der Waals surface area contributed by atoms with Crippen LogP contribution in [0.2, 0.25) is 0 Å². The van der Waals surface area contributed by atoms with Gasteiger partial charge in [-0.2, -0.15) is 5.10 Å². The smallest absolute Gasteiger partial charge is 0.338 e. The zero-order valence-corrected chi connectivity index (χ0v) is 13.0. The predicted octanol–water partition coefficient (Wildman–Crippen LogP) is 2.21. The van der Waals surface area contributed by atoms with Crippen molar-refractivity contribution >= 4 is 17.4 Å². The van der Waals surface area contributed by atoms with Gasteiger partial charge in [0.05, 0.1) is 5.69 Å². The van der Waals surface area contributed by atoms with Gasteiger partial charge in [-0.05, 0) is 26.2 Å². The van der Waals surface area contributed by atoms with Crippen LogP contribution in [-0.2, 0) is 6.42 Å². The Labute approximate surface area is 131 Å². The SMILES string of the molecule is CCc1[nH]oc(=O)c1N=Nc1n[nH]c(C)c1C(=O)N1CCCC1. The van der Waals surface area contributed by atoms with Crippen LogP contribution in [0.1, 0.15) is 41.5 Å². The molecule has 1 aliphatic rings. The summed E-state index contributed by atoms with van der Waals surface area (Å²) < 4.78 is 4.70. The Kier molecular flexibility index (Phi) is 4.09. The number of nitrogens with one attached hydrogen (secondary N) is 2. The highest BCUT2D eigenvalue weighted by atomic mass is 16.5. The number of carbonyl (C=O) groups excluding carboxylic acids is 1. The number of rotatable bonds is 4. The molecule has 122 valence electrons. The zero-order chi connectivity index (χ0) is 16.4. The summed E-state index contributed by atoms with van der Waals surface area (Å²) in [5.74, 6) is 0.0709. The number of likely N-dealkylation sites (tertiary alicyclic amines) is 1. The van der Waals surface area contributed by atoms with E-state index in [4.69, 9.17) is 4.52 Å². The summed E-state index contributed by atoms with van der Waals surface area (Å²) in [6.07, 6.45) is 2.56. The van der Waals surface area contributed by atoms with Gasteiger partial charge in [-0.25, -0.2) is 9.95 Å². The molecule has 1 aliphatic heterocycles. The quantitative estimate of drug-likeness (QED) is 0.840. The van der Waals surface area contributed by atoms with Crippen LogP contribution in [0.4, 0.5) is 11.5 Å². The third kappa shape index (κ3) is 2.81. The molecule has 0 bridgehead atoms. The third-order valence-electron chi connectivity index (χ3n) is 3.88. The molecule has 1 saturated heterocycles. The fourth-order valence-electron chi connectivity index (χ4n) is 2.59. The molecular formula is C14H18N6O3. The van der Waals surface area contributed by atoms with Gasteiger partial charge >= 0.3 is 5.63 Å². The topological polar surface area (TPSA) is 120 Å². The second-order valence-electron chi connectivity index (χ2n) is 5.42. The van der Waals surface area contributed by atoms with Gasteiger partial charge in [0, 0.05) is 18.8 Å². The van der Waals surface area contributed by atoms with Gasteiger partial charge < -0.3 is 9.42 Å². The molecule has 2 aromatic heterocycles. The summed E-state index contributed by atoms with van der Waals surface area (Å²) in [5.41, 5.74) is 1.10. The summed E-state index contributed by atoms with van der Waals surface area (Å²) in [6, 6.07) is 0. The molecule has 0 aliphatic carbocycles. The van der Waals surface area contributed by atoms with Gasteiger partial charge in [0.15, 0.2) is 5.69 Å². The van der Waals surface area contributed by atoms with Crippen LogP contribution < -0.4 is 5.63 Å². The molecule has 0 saturated carbocycles. The molecule has 3 heterocycles. The van der Waals surface area contributed by atoms with Crippen molar-refractivity contribution in [3.05, 3.63) is 27.4 Å². The van der Waals surface area contributed by atoms with E-state index in [0.717, 1.165) is 25.9 Å². The zero-order valence-electron chi connectivity index (χ0n) is 13.0. The second-order valence-corrected chi connectivity index (χ2v) is 5.42. The molecule has 9 heteroatoms. The van der Waals surface area contributed by atoms with Crippen molar-refractivity contribution < 1.29 is 9.32 Å². The van der Waals surface area contributed by atoms with E-state index in [9.17, 15) is 9.59 Å². The molecule has 23 heavy (non-hydrogen) atoms. The molecule has 2 N–H and O–H groups in total. The molecule has 9 nitrogen and oxygen atoms in total. The maximum Gasteiger partial charge on any atom is 0.384 e. The van der Waals surface area contributed by atoms with E-state index in [2.05, 4.69) is 25.6 Å². The average Bonchev–Trinajstić information content (AvgIpc) is 3.25. The largest absolute Gasteiger partial charge is 0.384 e. The molecule has 0 unspecified atom stereocenters. The van der Waals surface area contributed by atoms with Crippen LogP contribution >= 0.6 is 0 Å². The number of amides is 1. The highest BCUT2D eigenvalue weighted by Crippen LogP contribution is 2.25. The van der Waals surface area contributed by atoms with E-state index in [1.165, 1.54) is 0 Å². The van der Waals surface area contributed by atoms with E-state index in [1.807, 2.05) is 6.92 Å². The van der Waals surface area contributed by atoms with Gasteiger partial charge in [0.1, 0.15) is 5.56 Å². The summed E-state index contributed by atoms with van der Waals surface area (Å²) in [6.45, 7) is 5.10. The summed E-state index contributed by atoms with van der Waals surface area (Å²) >= 11 is 0. The fraction of sp³-hybridized carbons (Fsp3) is 0.500. The van der Waals surface area contributed by atoms with Crippen LogP contribution in [0.3, 0.4) is 0 Å². The van der Waals surface area contributed by atoms with Gasteiger partial charge in [0.2, 0.25) is 5.82 Å². The Bertz CT molecular complexity index is 794. The lowest BCUT2D eigenvalue weighted by Crippen LogP contribution is -2.27. The predicted molar refractivity (Wildman–Crippen MR) is 81.3 cm³/mol. The summed E-state index contributed by atoms with van der Waals surface area (Å²) in [4.78, 5) is 26.0. The van der Waals surface area contributed by atoms with E-state index < -0.39 is 5.63 Å². The van der Waals surface area contributed by atoms with Gasteiger partial charge in [-0.15, -0.1) is 10.2 Å². The van der Waals surface area contributed by atoms with Gasteiger partial charge in [-0.3, -0.25) is 9.89 Å². The van der Waals surface area contributed by atoms with E-state index in [0.29, 0.717) is 23.4 Å². The lowest BCUT2D eigenvalue weighted by Gasteiger charge is -2.14. The summed E-state index contributed by atoms with van der Waals surface area (Å²) in [5, 5.41) is 17.2. The van der Waals surface area contributed by atoms with E-state index >= 15 is 0 Å². The standard InChI is InChI=1S/C14H18N6O3/c1-3-9-11(14(22)23-19-9)16-18-12-10(8(2)15-17-12)13(21)20-6-4-5-7-20/h19H,3-7H2,1-2H3,(H,15,17). The second kappa shape index (κ2) is 6.19. The third-order valence-corrected chi connectivity index (χ3v) is 3.88.